The van der Waals surface area contributed by atoms with Crippen LogP contribution in [0.2, 0.25) is 0 Å². The Bertz CT molecular complexity index is 542. The highest BCUT2D eigenvalue weighted by Gasteiger charge is 2.71. The summed E-state index contributed by atoms with van der Waals surface area (Å²) in [7, 11) is 1.33. The van der Waals surface area contributed by atoms with Gasteiger partial charge in [-0.3, -0.25) is 0 Å². The number of carbonyl (C=O) groups is 1. The molecule has 1 N–H and O–H groups in total. The van der Waals surface area contributed by atoms with Crippen LogP contribution in [0, 0.1) is 17.8 Å². The summed E-state index contributed by atoms with van der Waals surface area (Å²) in [4.78, 5) is 11.9. The molecule has 2 saturated carbocycles. The van der Waals surface area contributed by atoms with Gasteiger partial charge in [-0.25, -0.2) is 4.79 Å². The number of esters is 1. The Morgan fingerprint density at radius 2 is 1.69 bits per heavy atom. The van der Waals surface area contributed by atoms with Crippen molar-refractivity contribution < 1.29 is 45.7 Å². The smallest absolute Gasteiger partial charge is 0.426 e. The van der Waals surface area contributed by atoms with E-state index in [0.29, 0.717) is 12.8 Å². The molecule has 4 atom stereocenters. The molecule has 10 heteroatoms. The molecule has 0 aromatic rings. The lowest BCUT2D eigenvalue weighted by Gasteiger charge is -2.38. The number of halogens is 6. The van der Waals surface area contributed by atoms with Crippen LogP contribution >= 0.6 is 0 Å². The van der Waals surface area contributed by atoms with Crippen molar-refractivity contribution in [2.45, 2.75) is 49.7 Å². The van der Waals surface area contributed by atoms with Gasteiger partial charge in [-0.05, 0) is 43.4 Å². The number of hydrogen-bond acceptors (Lipinski definition) is 4. The van der Waals surface area contributed by atoms with Crippen molar-refractivity contribution >= 4 is 5.97 Å². The van der Waals surface area contributed by atoms with Crippen molar-refractivity contribution in [1.29, 1.82) is 0 Å². The molecular weight excluding hydrogens is 370 g/mol. The summed E-state index contributed by atoms with van der Waals surface area (Å²) < 4.78 is 87.4. The van der Waals surface area contributed by atoms with Gasteiger partial charge in [-0.2, -0.15) is 26.3 Å². The van der Waals surface area contributed by atoms with E-state index in [1.165, 1.54) is 7.11 Å². The fourth-order valence-corrected chi connectivity index (χ4v) is 4.02. The molecule has 0 amide bonds. The van der Waals surface area contributed by atoms with Crippen LogP contribution in [0.5, 0.6) is 0 Å². The molecule has 0 saturated heterocycles. The highest BCUT2D eigenvalue weighted by Crippen LogP contribution is 2.56. The van der Waals surface area contributed by atoms with Gasteiger partial charge < -0.3 is 14.6 Å². The molecule has 2 rings (SSSR count). The topological polar surface area (TPSA) is 55.8 Å². The van der Waals surface area contributed by atoms with Crippen LogP contribution in [0.25, 0.3) is 0 Å². The number of methoxy groups -OCH3 is 1. The van der Waals surface area contributed by atoms with Gasteiger partial charge in [-0.15, -0.1) is 0 Å². The van der Waals surface area contributed by atoms with Gasteiger partial charge in [-0.1, -0.05) is 6.58 Å². The van der Waals surface area contributed by atoms with E-state index in [4.69, 9.17) is 9.47 Å². The van der Waals surface area contributed by atoms with Gasteiger partial charge in [0.05, 0.1) is 12.2 Å². The van der Waals surface area contributed by atoms with Crippen molar-refractivity contribution in [3.63, 3.8) is 0 Å². The summed E-state index contributed by atoms with van der Waals surface area (Å²) in [5.74, 6) is -2.62. The Balaban J connectivity index is 2.10. The van der Waals surface area contributed by atoms with Crippen LogP contribution in [-0.2, 0) is 14.3 Å². The summed E-state index contributed by atoms with van der Waals surface area (Å²) in [5.41, 5.74) is -4.77. The lowest BCUT2D eigenvalue weighted by molar-refractivity contribution is -0.373. The first-order valence-corrected chi connectivity index (χ1v) is 8.03. The molecule has 0 heterocycles. The first kappa shape index (κ1) is 21.0. The van der Waals surface area contributed by atoms with Crippen molar-refractivity contribution in [3.8, 4) is 0 Å². The van der Waals surface area contributed by atoms with Crippen LogP contribution in [0.15, 0.2) is 12.2 Å². The van der Waals surface area contributed by atoms with E-state index in [1.54, 1.807) is 0 Å². The van der Waals surface area contributed by atoms with E-state index >= 15 is 0 Å². The molecule has 4 nitrogen and oxygen atoms in total. The average Bonchev–Trinajstić information content (AvgIpc) is 3.04. The first-order valence-electron chi connectivity index (χ1n) is 8.03. The Labute approximate surface area is 146 Å². The van der Waals surface area contributed by atoms with Crippen LogP contribution < -0.4 is 0 Å². The quantitative estimate of drug-likeness (QED) is 0.429. The number of alkyl halides is 6. The maximum atomic E-state index is 12.9. The highest BCUT2D eigenvalue weighted by atomic mass is 19.4. The standard InChI is InChI=1S/C16H20F6O4/c1-8(7-25-2)13(23)26-12-5-9-3-10(11(12)4-9)6-14(24,15(17,18)19)16(20,21)22/h9-12,24H,1,3-7H2,2H3. The van der Waals surface area contributed by atoms with E-state index in [0.717, 1.165) is 0 Å². The zero-order chi connectivity index (χ0) is 19.9. The number of carbonyl (C=O) groups excluding carboxylic acids is 1. The highest BCUT2D eigenvalue weighted by molar-refractivity contribution is 5.88. The lowest BCUT2D eigenvalue weighted by Crippen LogP contribution is -2.58. The minimum atomic E-state index is -5.84. The largest absolute Gasteiger partial charge is 0.459 e. The normalized spacial score (nSPS) is 29.1. The molecule has 0 radical (unpaired) electrons. The SMILES string of the molecule is C=C(COC)C(=O)OC1CC2CC(CC(O)(C(F)(F)F)C(F)(F)F)C1C2. The second-order valence-corrected chi connectivity index (χ2v) is 7.04. The average molecular weight is 390 g/mol. The van der Waals surface area contributed by atoms with Crippen molar-refractivity contribution in [3.05, 3.63) is 12.2 Å². The minimum absolute atomic E-state index is 0.00825. The van der Waals surface area contributed by atoms with E-state index in [9.17, 15) is 36.2 Å². The van der Waals surface area contributed by atoms with E-state index in [2.05, 4.69) is 6.58 Å². The zero-order valence-electron chi connectivity index (χ0n) is 14.0. The molecular formula is C16H20F6O4. The third-order valence-electron chi connectivity index (χ3n) is 5.25. The lowest BCUT2D eigenvalue weighted by atomic mass is 9.78. The van der Waals surface area contributed by atoms with Gasteiger partial charge in [0, 0.05) is 7.11 Å². The van der Waals surface area contributed by atoms with E-state index < -0.39 is 48.3 Å². The number of aliphatic hydroxyl groups is 1. The fourth-order valence-electron chi connectivity index (χ4n) is 4.02. The number of hydrogen-bond donors (Lipinski definition) is 1. The fraction of sp³-hybridized carbons (Fsp3) is 0.812. The van der Waals surface area contributed by atoms with E-state index in [1.807, 2.05) is 0 Å². The van der Waals surface area contributed by atoms with Gasteiger partial charge in [0.2, 0.25) is 0 Å². The predicted octanol–water partition coefficient (Wildman–Crippen LogP) is 3.39. The van der Waals surface area contributed by atoms with Crippen LogP contribution in [0.1, 0.15) is 25.7 Å². The number of ether oxygens (including phenoxy) is 2. The Morgan fingerprint density at radius 1 is 1.12 bits per heavy atom. The summed E-state index contributed by atoms with van der Waals surface area (Å²) in [6.45, 7) is 3.36. The molecule has 0 aromatic carbocycles. The molecule has 0 spiro atoms. The zero-order valence-corrected chi connectivity index (χ0v) is 14.0. The summed E-state index contributed by atoms with van der Waals surface area (Å²) in [5, 5.41) is 9.41. The second kappa shape index (κ2) is 7.03. The summed E-state index contributed by atoms with van der Waals surface area (Å²) in [6.07, 6.45) is -13.1. The Morgan fingerprint density at radius 3 is 2.15 bits per heavy atom. The van der Waals surface area contributed by atoms with Gasteiger partial charge in [0.25, 0.3) is 5.60 Å². The monoisotopic (exact) mass is 390 g/mol. The molecule has 26 heavy (non-hydrogen) atoms. The molecule has 4 unspecified atom stereocenters. The van der Waals surface area contributed by atoms with E-state index in [-0.39, 0.29) is 24.5 Å². The molecule has 2 aliphatic rings. The third kappa shape index (κ3) is 3.85. The predicted molar refractivity (Wildman–Crippen MR) is 76.9 cm³/mol. The van der Waals surface area contributed by atoms with Gasteiger partial charge in [0.15, 0.2) is 0 Å². The number of fused-ring (bicyclic) bond motifs is 2. The second-order valence-electron chi connectivity index (χ2n) is 7.04. The molecule has 2 bridgehead atoms. The van der Waals surface area contributed by atoms with Gasteiger partial charge in [0.1, 0.15) is 6.10 Å². The van der Waals surface area contributed by atoms with Crippen molar-refractivity contribution in [1.82, 2.24) is 0 Å². The maximum Gasteiger partial charge on any atom is 0.426 e. The van der Waals surface area contributed by atoms with Crippen LogP contribution in [-0.4, -0.2) is 48.9 Å². The minimum Gasteiger partial charge on any atom is -0.459 e. The molecule has 0 aliphatic heterocycles. The molecule has 2 fully saturated rings. The third-order valence-corrected chi connectivity index (χ3v) is 5.25. The Kier molecular flexibility index (Phi) is 5.68. The van der Waals surface area contributed by atoms with Gasteiger partial charge >= 0.3 is 18.3 Å². The molecule has 150 valence electrons. The molecule has 0 aromatic heterocycles. The Hall–Kier alpha value is -1.29. The maximum absolute atomic E-state index is 12.9. The van der Waals surface area contributed by atoms with Crippen LogP contribution in [0.3, 0.4) is 0 Å². The van der Waals surface area contributed by atoms with Crippen molar-refractivity contribution in [2.24, 2.45) is 17.8 Å². The summed E-state index contributed by atoms with van der Waals surface area (Å²) >= 11 is 0. The number of rotatable bonds is 6. The van der Waals surface area contributed by atoms with Crippen LogP contribution in [0.4, 0.5) is 26.3 Å². The van der Waals surface area contributed by atoms with Crippen molar-refractivity contribution in [2.75, 3.05) is 13.7 Å². The summed E-state index contributed by atoms with van der Waals surface area (Å²) in [6, 6.07) is 0. The molecule has 2 aliphatic carbocycles. The first-order chi connectivity index (χ1) is 11.8.